The highest BCUT2D eigenvalue weighted by molar-refractivity contribution is 9.39. The molecule has 0 amide bonds. The Balaban J connectivity index is 2.86. The van der Waals surface area contributed by atoms with Crippen LogP contribution in [0.3, 0.4) is 0 Å². The van der Waals surface area contributed by atoms with Gasteiger partial charge in [0.15, 0.2) is 0 Å². The van der Waals surface area contributed by atoms with E-state index in [2.05, 4.69) is 52.8 Å². The van der Waals surface area contributed by atoms with Crippen molar-refractivity contribution < 1.29 is 0 Å². The highest BCUT2D eigenvalue weighted by Gasteiger charge is 2.25. The van der Waals surface area contributed by atoms with Crippen molar-refractivity contribution >= 4 is 53.6 Å². The number of anilines is 1. The van der Waals surface area contributed by atoms with Crippen LogP contribution in [0.25, 0.3) is 0 Å². The van der Waals surface area contributed by atoms with Gasteiger partial charge >= 0.3 is 0 Å². The van der Waals surface area contributed by atoms with Crippen molar-refractivity contribution in [3.8, 4) is 0 Å². The summed E-state index contributed by atoms with van der Waals surface area (Å²) in [6.45, 7) is 0. The molecule has 0 aliphatic carbocycles. The van der Waals surface area contributed by atoms with E-state index in [9.17, 15) is 0 Å². The van der Waals surface area contributed by atoms with E-state index in [1.54, 1.807) is 12.3 Å². The summed E-state index contributed by atoms with van der Waals surface area (Å²) in [4.78, 5) is 4.06. The Morgan fingerprint density at radius 2 is 2.00 bits per heavy atom. The zero-order valence-electron chi connectivity index (χ0n) is 5.92. The maximum Gasteiger partial charge on any atom is 0.221 e. The first-order valence-corrected chi connectivity index (χ1v) is 5.42. The lowest BCUT2D eigenvalue weighted by molar-refractivity contribution is 0.915. The first-order chi connectivity index (χ1) is 5.52. The van der Waals surface area contributed by atoms with Crippen molar-refractivity contribution in [2.45, 2.75) is 2.27 Å². The lowest BCUT2D eigenvalue weighted by Crippen LogP contribution is -2.40. The molecule has 1 aromatic rings. The molecule has 0 saturated carbocycles. The van der Waals surface area contributed by atoms with Crippen molar-refractivity contribution in [1.29, 1.82) is 0 Å². The van der Waals surface area contributed by atoms with E-state index in [0.29, 0.717) is 5.82 Å². The predicted octanol–water partition coefficient (Wildman–Crippen LogP) is 2.56. The first-order valence-electron chi connectivity index (χ1n) is 3.04. The number of hydrogen-bond acceptors (Lipinski definition) is 3. The summed E-state index contributed by atoms with van der Waals surface area (Å²) < 4.78 is -0.651. The molecule has 0 aliphatic heterocycles. The third-order valence-corrected chi connectivity index (χ3v) is 2.32. The van der Waals surface area contributed by atoms with E-state index < -0.39 is 2.27 Å². The molecular formula is C6H6Br3N3. The largest absolute Gasteiger partial charge is 0.257 e. The van der Waals surface area contributed by atoms with Gasteiger partial charge in [-0.3, -0.25) is 5.01 Å². The van der Waals surface area contributed by atoms with E-state index in [1.165, 1.54) is 5.01 Å². The Kier molecular flexibility index (Phi) is 3.51. The standard InChI is InChI=1S/C6H6Br3N3/c7-6(8,9)12(10)5-3-1-2-4-11-5/h1-4H,10H2. The van der Waals surface area contributed by atoms with Gasteiger partial charge in [-0.1, -0.05) is 6.07 Å². The third kappa shape index (κ3) is 2.69. The van der Waals surface area contributed by atoms with Gasteiger partial charge in [0.05, 0.1) is 0 Å². The van der Waals surface area contributed by atoms with Gasteiger partial charge in [0.2, 0.25) is 2.27 Å². The number of halogens is 3. The van der Waals surface area contributed by atoms with Crippen LogP contribution in [-0.2, 0) is 0 Å². The molecule has 0 spiro atoms. The molecule has 0 aliphatic rings. The van der Waals surface area contributed by atoms with Crippen LogP contribution < -0.4 is 10.9 Å². The van der Waals surface area contributed by atoms with Crippen molar-refractivity contribution in [2.75, 3.05) is 5.01 Å². The van der Waals surface area contributed by atoms with Crippen molar-refractivity contribution in [2.24, 2.45) is 5.84 Å². The molecule has 6 heteroatoms. The van der Waals surface area contributed by atoms with Crippen LogP contribution >= 0.6 is 47.8 Å². The summed E-state index contributed by atoms with van der Waals surface area (Å²) in [5, 5.41) is 1.41. The molecular weight excluding hydrogens is 354 g/mol. The summed E-state index contributed by atoms with van der Waals surface area (Å²) in [6.07, 6.45) is 1.67. The molecule has 1 rings (SSSR count). The van der Waals surface area contributed by atoms with Gasteiger partial charge in [-0.05, 0) is 59.9 Å². The van der Waals surface area contributed by atoms with E-state index >= 15 is 0 Å². The maximum absolute atomic E-state index is 5.70. The quantitative estimate of drug-likeness (QED) is 0.363. The fourth-order valence-electron chi connectivity index (χ4n) is 0.626. The molecule has 0 aromatic carbocycles. The van der Waals surface area contributed by atoms with E-state index in [4.69, 9.17) is 5.84 Å². The summed E-state index contributed by atoms with van der Waals surface area (Å²) >= 11 is 9.82. The van der Waals surface area contributed by atoms with Crippen molar-refractivity contribution in [3.63, 3.8) is 0 Å². The molecule has 0 unspecified atom stereocenters. The summed E-state index contributed by atoms with van der Waals surface area (Å²) in [7, 11) is 0. The second-order valence-corrected chi connectivity index (χ2v) is 8.66. The lowest BCUT2D eigenvalue weighted by Gasteiger charge is -2.26. The molecule has 0 radical (unpaired) electrons. The lowest BCUT2D eigenvalue weighted by atomic mass is 10.5. The second kappa shape index (κ2) is 4.04. The third-order valence-electron chi connectivity index (χ3n) is 1.17. The summed E-state index contributed by atoms with van der Waals surface area (Å²) in [5.41, 5.74) is 0. The summed E-state index contributed by atoms with van der Waals surface area (Å²) in [6, 6.07) is 5.50. The van der Waals surface area contributed by atoms with Gasteiger partial charge in [0.1, 0.15) is 5.82 Å². The first kappa shape index (κ1) is 10.4. The van der Waals surface area contributed by atoms with E-state index in [0.717, 1.165) is 0 Å². The highest BCUT2D eigenvalue weighted by Crippen LogP contribution is 2.37. The monoisotopic (exact) mass is 357 g/mol. The number of hydrazine groups is 1. The average Bonchev–Trinajstić information content (AvgIpc) is 2.03. The van der Waals surface area contributed by atoms with Crippen LogP contribution in [0.4, 0.5) is 5.82 Å². The normalized spacial score (nSPS) is 11.3. The molecule has 12 heavy (non-hydrogen) atoms. The predicted molar refractivity (Wildman–Crippen MR) is 60.4 cm³/mol. The highest BCUT2D eigenvalue weighted by atomic mass is 80.0. The number of hydrogen-bond donors (Lipinski definition) is 1. The molecule has 1 aromatic heterocycles. The van der Waals surface area contributed by atoms with Crippen LogP contribution in [0.2, 0.25) is 0 Å². The Hall–Kier alpha value is 0.350. The number of pyridine rings is 1. The van der Waals surface area contributed by atoms with Crippen LogP contribution in [-0.4, -0.2) is 7.25 Å². The second-order valence-electron chi connectivity index (χ2n) is 2.03. The zero-order valence-corrected chi connectivity index (χ0v) is 10.7. The maximum atomic E-state index is 5.70. The molecule has 1 heterocycles. The molecule has 0 saturated heterocycles. The Morgan fingerprint density at radius 3 is 2.42 bits per heavy atom. The number of alkyl halides is 3. The SMILES string of the molecule is NN(c1ccccn1)C(Br)(Br)Br. The van der Waals surface area contributed by atoms with Gasteiger partial charge < -0.3 is 0 Å². The number of nitrogens with zero attached hydrogens (tertiary/aromatic N) is 2. The Bertz CT molecular complexity index is 246. The number of aromatic nitrogens is 1. The smallest absolute Gasteiger partial charge is 0.221 e. The van der Waals surface area contributed by atoms with Crippen LogP contribution in [0, 0.1) is 0 Å². The van der Waals surface area contributed by atoms with Gasteiger partial charge in [0, 0.05) is 6.20 Å². The van der Waals surface area contributed by atoms with Gasteiger partial charge in [-0.15, -0.1) is 0 Å². The van der Waals surface area contributed by atoms with E-state index in [-0.39, 0.29) is 0 Å². The Labute approximate surface area is 95.7 Å². The van der Waals surface area contributed by atoms with E-state index in [1.807, 2.05) is 12.1 Å². The number of nitrogens with two attached hydrogens (primary N) is 1. The van der Waals surface area contributed by atoms with Crippen molar-refractivity contribution in [3.05, 3.63) is 24.4 Å². The molecule has 66 valence electrons. The Morgan fingerprint density at radius 1 is 1.33 bits per heavy atom. The van der Waals surface area contributed by atoms with Crippen molar-refractivity contribution in [1.82, 2.24) is 4.98 Å². The molecule has 3 nitrogen and oxygen atoms in total. The average molecular weight is 360 g/mol. The minimum absolute atomic E-state index is 0.651. The minimum atomic E-state index is -0.651. The van der Waals surface area contributed by atoms with Gasteiger partial charge in [-0.25, -0.2) is 10.8 Å². The topological polar surface area (TPSA) is 42.1 Å². The zero-order chi connectivity index (χ0) is 9.19. The number of rotatable bonds is 1. The molecule has 0 fully saturated rings. The molecule has 2 N–H and O–H groups in total. The van der Waals surface area contributed by atoms with Crippen LogP contribution in [0.5, 0.6) is 0 Å². The molecule has 0 bridgehead atoms. The molecule has 0 atom stereocenters. The van der Waals surface area contributed by atoms with Crippen LogP contribution in [0.1, 0.15) is 0 Å². The fraction of sp³-hybridized carbons (Fsp3) is 0.167. The fourth-order valence-corrected chi connectivity index (χ4v) is 1.17. The van der Waals surface area contributed by atoms with Crippen LogP contribution in [0.15, 0.2) is 24.4 Å². The van der Waals surface area contributed by atoms with Gasteiger partial charge in [0.25, 0.3) is 0 Å². The van der Waals surface area contributed by atoms with Gasteiger partial charge in [-0.2, -0.15) is 0 Å². The summed E-state index contributed by atoms with van der Waals surface area (Å²) in [5.74, 6) is 6.36. The minimum Gasteiger partial charge on any atom is -0.257 e.